The molecule has 25 heavy (non-hydrogen) atoms. The Morgan fingerprint density at radius 3 is 2.72 bits per heavy atom. The summed E-state index contributed by atoms with van der Waals surface area (Å²) in [5, 5.41) is 2.66. The average Bonchev–Trinajstić information content (AvgIpc) is 3.16. The zero-order valence-electron chi connectivity index (χ0n) is 14.2. The molecule has 2 aromatic heterocycles. The third-order valence-electron chi connectivity index (χ3n) is 4.09. The lowest BCUT2D eigenvalue weighted by Crippen LogP contribution is -2.49. The summed E-state index contributed by atoms with van der Waals surface area (Å²) in [6, 6.07) is 1.71. The Morgan fingerprint density at radius 1 is 1.32 bits per heavy atom. The first-order valence-corrected chi connectivity index (χ1v) is 10.5. The molecule has 0 aromatic carbocycles. The molecule has 1 amide bonds. The third-order valence-corrected chi connectivity index (χ3v) is 5.71. The fourth-order valence-electron chi connectivity index (χ4n) is 2.65. The molecule has 0 aliphatic carbocycles. The third kappa shape index (κ3) is 4.47. The number of thiazole rings is 1. The van der Waals surface area contributed by atoms with E-state index in [1.54, 1.807) is 30.2 Å². The molecular weight excluding hydrogens is 356 g/mol. The van der Waals surface area contributed by atoms with Gasteiger partial charge in [0.15, 0.2) is 0 Å². The fourth-order valence-corrected chi connectivity index (χ4v) is 3.97. The number of piperazine rings is 1. The molecule has 1 atom stereocenters. The van der Waals surface area contributed by atoms with E-state index in [2.05, 4.69) is 26.1 Å². The Morgan fingerprint density at radius 2 is 2.04 bits per heavy atom. The van der Waals surface area contributed by atoms with Gasteiger partial charge in [-0.25, -0.2) is 15.0 Å². The first-order chi connectivity index (χ1) is 12.2. The van der Waals surface area contributed by atoms with Crippen molar-refractivity contribution in [2.24, 2.45) is 5.73 Å². The number of nitrogens with zero attached hydrogens (tertiary/aromatic N) is 5. The van der Waals surface area contributed by atoms with E-state index in [0.29, 0.717) is 24.7 Å². The largest absolute Gasteiger partial charge is 0.337 e. The van der Waals surface area contributed by atoms with Crippen molar-refractivity contribution in [3.8, 4) is 0 Å². The molecule has 2 N–H and O–H groups in total. The van der Waals surface area contributed by atoms with Crippen LogP contribution in [0, 0.1) is 0 Å². The molecule has 1 aliphatic rings. The minimum Gasteiger partial charge on any atom is -0.337 e. The maximum atomic E-state index is 12.7. The molecule has 3 heterocycles. The number of nitrogens with two attached hydrogens (primary N) is 1. The van der Waals surface area contributed by atoms with E-state index in [4.69, 9.17) is 5.73 Å². The average molecular weight is 379 g/mol. The Balaban J connectivity index is 1.57. The quantitative estimate of drug-likeness (QED) is 0.817. The van der Waals surface area contributed by atoms with E-state index in [1.165, 1.54) is 11.3 Å². The summed E-state index contributed by atoms with van der Waals surface area (Å²) in [4.78, 5) is 29.6. The highest BCUT2D eigenvalue weighted by molar-refractivity contribution is 7.98. The summed E-state index contributed by atoms with van der Waals surface area (Å²) in [6.45, 7) is 2.73. The van der Waals surface area contributed by atoms with Crippen LogP contribution in [0.15, 0.2) is 23.8 Å². The van der Waals surface area contributed by atoms with Crippen molar-refractivity contribution in [2.75, 3.05) is 43.1 Å². The summed E-state index contributed by atoms with van der Waals surface area (Å²) >= 11 is 3.24. The molecule has 134 valence electrons. The van der Waals surface area contributed by atoms with Gasteiger partial charge in [-0.1, -0.05) is 0 Å². The van der Waals surface area contributed by atoms with Gasteiger partial charge in [-0.2, -0.15) is 11.8 Å². The van der Waals surface area contributed by atoms with Crippen LogP contribution in [-0.4, -0.2) is 63.9 Å². The summed E-state index contributed by atoms with van der Waals surface area (Å²) in [6.07, 6.45) is 6.40. The van der Waals surface area contributed by atoms with E-state index in [0.717, 1.165) is 30.3 Å². The van der Waals surface area contributed by atoms with E-state index in [9.17, 15) is 4.79 Å². The smallest absolute Gasteiger partial charge is 0.273 e. The SMILES string of the molecule is CSCCC(N)c1nc(C(=O)N2CCN(c3ncccn3)CC2)cs1. The van der Waals surface area contributed by atoms with Crippen molar-refractivity contribution >= 4 is 35.0 Å². The lowest BCUT2D eigenvalue weighted by atomic mass is 10.2. The van der Waals surface area contributed by atoms with Crippen LogP contribution in [0.4, 0.5) is 5.95 Å². The summed E-state index contributed by atoms with van der Waals surface area (Å²) in [7, 11) is 0. The molecule has 0 radical (unpaired) electrons. The Kier molecular flexibility index (Phi) is 6.22. The van der Waals surface area contributed by atoms with Crippen LogP contribution >= 0.6 is 23.1 Å². The maximum absolute atomic E-state index is 12.7. The van der Waals surface area contributed by atoms with Crippen molar-refractivity contribution in [2.45, 2.75) is 12.5 Å². The van der Waals surface area contributed by atoms with E-state index < -0.39 is 0 Å². The molecule has 3 rings (SSSR count). The predicted octanol–water partition coefficient (Wildman–Crippen LogP) is 1.65. The van der Waals surface area contributed by atoms with E-state index in [1.807, 2.05) is 10.3 Å². The molecule has 2 aromatic rings. The first-order valence-electron chi connectivity index (χ1n) is 8.20. The number of amides is 1. The van der Waals surface area contributed by atoms with Crippen LogP contribution in [0.3, 0.4) is 0 Å². The number of anilines is 1. The summed E-state index contributed by atoms with van der Waals surface area (Å²) < 4.78 is 0. The van der Waals surface area contributed by atoms with Gasteiger partial charge in [0, 0.05) is 44.0 Å². The lowest BCUT2D eigenvalue weighted by Gasteiger charge is -2.34. The molecule has 7 nitrogen and oxygen atoms in total. The number of hydrogen-bond donors (Lipinski definition) is 1. The van der Waals surface area contributed by atoms with Crippen LogP contribution < -0.4 is 10.6 Å². The number of aromatic nitrogens is 3. The molecule has 0 spiro atoms. The van der Waals surface area contributed by atoms with Crippen molar-refractivity contribution in [3.05, 3.63) is 34.5 Å². The standard InChI is InChI=1S/C16H22N6OS2/c1-24-10-3-12(17)14-20-13(11-25-14)15(23)21-6-8-22(9-7-21)16-18-4-2-5-19-16/h2,4-5,11-12H,3,6-10,17H2,1H3. The Labute approximate surface area is 155 Å². The molecule has 1 saturated heterocycles. The van der Waals surface area contributed by atoms with Crippen LogP contribution in [0.5, 0.6) is 0 Å². The van der Waals surface area contributed by atoms with Gasteiger partial charge in [0.25, 0.3) is 5.91 Å². The van der Waals surface area contributed by atoms with Crippen molar-refractivity contribution in [3.63, 3.8) is 0 Å². The van der Waals surface area contributed by atoms with Crippen LogP contribution in [-0.2, 0) is 0 Å². The monoisotopic (exact) mass is 378 g/mol. The highest BCUT2D eigenvalue weighted by Gasteiger charge is 2.25. The van der Waals surface area contributed by atoms with Gasteiger partial charge in [0.05, 0.1) is 6.04 Å². The summed E-state index contributed by atoms with van der Waals surface area (Å²) in [5.74, 6) is 1.69. The second kappa shape index (κ2) is 8.59. The molecule has 1 fully saturated rings. The second-order valence-corrected chi connectivity index (χ2v) is 7.66. The molecule has 0 bridgehead atoms. The zero-order valence-corrected chi connectivity index (χ0v) is 15.8. The van der Waals surface area contributed by atoms with E-state index in [-0.39, 0.29) is 11.9 Å². The number of carbonyl (C=O) groups is 1. The highest BCUT2D eigenvalue weighted by atomic mass is 32.2. The molecule has 1 aliphatic heterocycles. The van der Waals surface area contributed by atoms with Gasteiger partial charge in [0.1, 0.15) is 10.7 Å². The predicted molar refractivity (Wildman–Crippen MR) is 102 cm³/mol. The highest BCUT2D eigenvalue weighted by Crippen LogP contribution is 2.21. The fraction of sp³-hybridized carbons (Fsp3) is 0.500. The first kappa shape index (κ1) is 18.1. The topological polar surface area (TPSA) is 88.2 Å². The minimum atomic E-state index is -0.0916. The van der Waals surface area contributed by atoms with Gasteiger partial charge >= 0.3 is 0 Å². The van der Waals surface area contributed by atoms with Crippen LogP contribution in [0.25, 0.3) is 0 Å². The summed E-state index contributed by atoms with van der Waals surface area (Å²) in [5.41, 5.74) is 6.65. The van der Waals surface area contributed by atoms with Gasteiger partial charge < -0.3 is 15.5 Å². The van der Waals surface area contributed by atoms with Crippen molar-refractivity contribution in [1.82, 2.24) is 19.9 Å². The van der Waals surface area contributed by atoms with Gasteiger partial charge in [-0.3, -0.25) is 4.79 Å². The van der Waals surface area contributed by atoms with Gasteiger partial charge in [-0.15, -0.1) is 11.3 Å². The minimum absolute atomic E-state index is 0.0202. The maximum Gasteiger partial charge on any atom is 0.273 e. The molecule has 9 heteroatoms. The van der Waals surface area contributed by atoms with Crippen molar-refractivity contribution < 1.29 is 4.79 Å². The van der Waals surface area contributed by atoms with Crippen LogP contribution in [0.1, 0.15) is 28.0 Å². The molecular formula is C16H22N6OS2. The van der Waals surface area contributed by atoms with Crippen molar-refractivity contribution in [1.29, 1.82) is 0 Å². The van der Waals surface area contributed by atoms with E-state index >= 15 is 0 Å². The molecule has 0 saturated carbocycles. The molecule has 1 unspecified atom stereocenters. The van der Waals surface area contributed by atoms with Gasteiger partial charge in [0.2, 0.25) is 5.95 Å². The number of thioether (sulfide) groups is 1. The number of carbonyl (C=O) groups excluding carboxylic acids is 1. The lowest BCUT2D eigenvalue weighted by molar-refractivity contribution is 0.0741. The second-order valence-electron chi connectivity index (χ2n) is 5.79. The number of rotatable bonds is 6. The Hall–Kier alpha value is -1.71. The van der Waals surface area contributed by atoms with Gasteiger partial charge in [-0.05, 0) is 24.5 Å². The van der Waals surface area contributed by atoms with Crippen LogP contribution in [0.2, 0.25) is 0 Å². The Bertz CT molecular complexity index is 687. The number of hydrogen-bond acceptors (Lipinski definition) is 8. The normalized spacial score (nSPS) is 16.1. The zero-order chi connectivity index (χ0) is 17.6.